The highest BCUT2D eigenvalue weighted by molar-refractivity contribution is 9.10. The summed E-state index contributed by atoms with van der Waals surface area (Å²) in [6.07, 6.45) is 0. The van der Waals surface area contributed by atoms with Gasteiger partial charge >= 0.3 is 0 Å². The Bertz CT molecular complexity index is 398. The molecule has 0 aliphatic carbocycles. The van der Waals surface area contributed by atoms with Gasteiger partial charge < -0.3 is 10.6 Å². The molecule has 0 saturated heterocycles. The number of hydrogen-bond acceptors (Lipinski definition) is 3. The molecule has 0 aliphatic heterocycles. The molecule has 0 amide bonds. The predicted molar refractivity (Wildman–Crippen MR) is 69.7 cm³/mol. The van der Waals surface area contributed by atoms with E-state index in [-0.39, 0.29) is 5.92 Å². The van der Waals surface area contributed by atoms with E-state index in [1.54, 1.807) is 0 Å². The molecule has 0 aromatic heterocycles. The van der Waals surface area contributed by atoms with Crippen molar-refractivity contribution in [2.45, 2.75) is 13.5 Å². The standard InChI is InChI=1S/C12H16BrN3/c1-9(6-14)7-16(2)8-10-3-4-11(13)5-12(10)15/h3-5,9H,7-8,15H2,1-2H3. The van der Waals surface area contributed by atoms with E-state index in [9.17, 15) is 0 Å². The molecular weight excluding hydrogens is 266 g/mol. The van der Waals surface area contributed by atoms with Gasteiger partial charge in [-0.15, -0.1) is 0 Å². The van der Waals surface area contributed by atoms with E-state index in [1.165, 1.54) is 0 Å². The van der Waals surface area contributed by atoms with E-state index >= 15 is 0 Å². The number of benzene rings is 1. The lowest BCUT2D eigenvalue weighted by Gasteiger charge is -2.18. The first-order valence-corrected chi connectivity index (χ1v) is 5.94. The quantitative estimate of drug-likeness (QED) is 0.864. The molecule has 0 aliphatic rings. The fraction of sp³-hybridized carbons (Fsp3) is 0.417. The van der Waals surface area contributed by atoms with E-state index in [2.05, 4.69) is 26.9 Å². The van der Waals surface area contributed by atoms with Gasteiger partial charge in [-0.2, -0.15) is 5.26 Å². The van der Waals surface area contributed by atoms with Crippen molar-refractivity contribution in [3.8, 4) is 6.07 Å². The molecule has 0 fully saturated rings. The van der Waals surface area contributed by atoms with Gasteiger partial charge in [0.25, 0.3) is 0 Å². The lowest BCUT2D eigenvalue weighted by atomic mass is 10.1. The largest absolute Gasteiger partial charge is 0.398 e. The maximum atomic E-state index is 8.73. The van der Waals surface area contributed by atoms with Crippen molar-refractivity contribution in [1.82, 2.24) is 4.90 Å². The van der Waals surface area contributed by atoms with Gasteiger partial charge in [-0.25, -0.2) is 0 Å². The van der Waals surface area contributed by atoms with E-state index in [1.807, 2.05) is 32.2 Å². The van der Waals surface area contributed by atoms with Gasteiger partial charge in [0, 0.05) is 23.2 Å². The molecule has 1 atom stereocenters. The third-order valence-electron chi connectivity index (χ3n) is 2.35. The highest BCUT2D eigenvalue weighted by atomic mass is 79.9. The third-order valence-corrected chi connectivity index (χ3v) is 2.85. The first-order chi connectivity index (χ1) is 7.52. The topological polar surface area (TPSA) is 53.0 Å². The summed E-state index contributed by atoms with van der Waals surface area (Å²) in [5.74, 6) is 0.0432. The molecule has 0 radical (unpaired) electrons. The molecule has 0 heterocycles. The number of rotatable bonds is 4. The zero-order valence-electron chi connectivity index (χ0n) is 9.57. The molecule has 2 N–H and O–H groups in total. The maximum absolute atomic E-state index is 8.73. The van der Waals surface area contributed by atoms with Crippen LogP contribution in [0, 0.1) is 17.2 Å². The van der Waals surface area contributed by atoms with Crippen LogP contribution >= 0.6 is 15.9 Å². The smallest absolute Gasteiger partial charge is 0.0666 e. The van der Waals surface area contributed by atoms with Crippen LogP contribution in [0.2, 0.25) is 0 Å². The number of anilines is 1. The molecule has 0 saturated carbocycles. The van der Waals surface area contributed by atoms with Crippen LogP contribution < -0.4 is 5.73 Å². The third kappa shape index (κ3) is 3.84. The monoisotopic (exact) mass is 281 g/mol. The average Bonchev–Trinajstić information content (AvgIpc) is 2.22. The number of halogens is 1. The zero-order chi connectivity index (χ0) is 12.1. The van der Waals surface area contributed by atoms with Crippen LogP contribution in [-0.2, 0) is 6.54 Å². The lowest BCUT2D eigenvalue weighted by molar-refractivity contribution is 0.303. The van der Waals surface area contributed by atoms with Gasteiger partial charge in [0.15, 0.2) is 0 Å². The molecule has 3 nitrogen and oxygen atoms in total. The Morgan fingerprint density at radius 3 is 2.81 bits per heavy atom. The summed E-state index contributed by atoms with van der Waals surface area (Å²) in [6, 6.07) is 8.11. The SMILES string of the molecule is CC(C#N)CN(C)Cc1ccc(Br)cc1N. The molecule has 16 heavy (non-hydrogen) atoms. The van der Waals surface area contributed by atoms with Crippen LogP contribution in [0.15, 0.2) is 22.7 Å². The van der Waals surface area contributed by atoms with Crippen molar-refractivity contribution in [3.05, 3.63) is 28.2 Å². The number of nitriles is 1. The van der Waals surface area contributed by atoms with E-state index < -0.39 is 0 Å². The summed E-state index contributed by atoms with van der Waals surface area (Å²) in [6.45, 7) is 3.44. The van der Waals surface area contributed by atoms with Crippen molar-refractivity contribution in [2.24, 2.45) is 5.92 Å². The summed E-state index contributed by atoms with van der Waals surface area (Å²) < 4.78 is 0.988. The normalized spacial score (nSPS) is 12.4. The average molecular weight is 282 g/mol. The summed E-state index contributed by atoms with van der Waals surface area (Å²) in [5.41, 5.74) is 7.79. The molecule has 1 aromatic carbocycles. The second-order valence-electron chi connectivity index (χ2n) is 4.07. The summed E-state index contributed by atoms with van der Waals surface area (Å²) in [4.78, 5) is 2.10. The van der Waals surface area contributed by atoms with Gasteiger partial charge in [-0.05, 0) is 31.7 Å². The molecule has 0 bridgehead atoms. The minimum Gasteiger partial charge on any atom is -0.398 e. The minimum atomic E-state index is 0.0432. The number of hydrogen-bond donors (Lipinski definition) is 1. The fourth-order valence-corrected chi connectivity index (χ4v) is 1.95. The van der Waals surface area contributed by atoms with Crippen molar-refractivity contribution >= 4 is 21.6 Å². The molecular formula is C12H16BrN3. The van der Waals surface area contributed by atoms with Crippen LogP contribution in [0.5, 0.6) is 0 Å². The summed E-state index contributed by atoms with van der Waals surface area (Å²) >= 11 is 3.38. The van der Waals surface area contributed by atoms with Crippen LogP contribution in [0.1, 0.15) is 12.5 Å². The van der Waals surface area contributed by atoms with E-state index in [0.29, 0.717) is 0 Å². The number of nitrogens with two attached hydrogens (primary N) is 1. The minimum absolute atomic E-state index is 0.0432. The van der Waals surface area contributed by atoms with Crippen molar-refractivity contribution in [2.75, 3.05) is 19.3 Å². The first-order valence-electron chi connectivity index (χ1n) is 5.15. The van der Waals surface area contributed by atoms with Gasteiger partial charge in [-0.1, -0.05) is 22.0 Å². The van der Waals surface area contributed by atoms with Crippen molar-refractivity contribution in [3.63, 3.8) is 0 Å². The van der Waals surface area contributed by atoms with Crippen molar-refractivity contribution < 1.29 is 0 Å². The van der Waals surface area contributed by atoms with Gasteiger partial charge in [0.05, 0.1) is 12.0 Å². The van der Waals surface area contributed by atoms with Crippen molar-refractivity contribution in [1.29, 1.82) is 5.26 Å². The second-order valence-corrected chi connectivity index (χ2v) is 4.99. The highest BCUT2D eigenvalue weighted by Crippen LogP contribution is 2.19. The van der Waals surface area contributed by atoms with Gasteiger partial charge in [0.2, 0.25) is 0 Å². The molecule has 86 valence electrons. The molecule has 1 aromatic rings. The molecule has 1 unspecified atom stereocenters. The highest BCUT2D eigenvalue weighted by Gasteiger charge is 2.07. The number of nitrogen functional groups attached to an aromatic ring is 1. The van der Waals surface area contributed by atoms with Gasteiger partial charge in [0.1, 0.15) is 0 Å². The van der Waals surface area contributed by atoms with Gasteiger partial charge in [-0.3, -0.25) is 0 Å². The van der Waals surface area contributed by atoms with Crippen LogP contribution in [0.3, 0.4) is 0 Å². The predicted octanol–water partition coefficient (Wildman–Crippen LogP) is 2.62. The zero-order valence-corrected chi connectivity index (χ0v) is 11.2. The Balaban J connectivity index is 2.63. The Labute approximate surface area is 105 Å². The molecule has 4 heteroatoms. The second kappa shape index (κ2) is 5.88. The summed E-state index contributed by atoms with van der Waals surface area (Å²) in [5, 5.41) is 8.73. The van der Waals surface area contributed by atoms with E-state index in [4.69, 9.17) is 11.0 Å². The maximum Gasteiger partial charge on any atom is 0.0666 e. The van der Waals surface area contributed by atoms with E-state index in [0.717, 1.165) is 28.8 Å². The Kier molecular flexibility index (Phi) is 4.78. The molecule has 0 spiro atoms. The van der Waals surface area contributed by atoms with Crippen LogP contribution in [0.4, 0.5) is 5.69 Å². The first kappa shape index (κ1) is 13.0. The van der Waals surface area contributed by atoms with Crippen LogP contribution in [0.25, 0.3) is 0 Å². The molecule has 1 rings (SSSR count). The Hall–Kier alpha value is -1.05. The number of nitrogens with zero attached hydrogens (tertiary/aromatic N) is 2. The lowest BCUT2D eigenvalue weighted by Crippen LogP contribution is -2.23. The fourth-order valence-electron chi connectivity index (χ4n) is 1.57. The Morgan fingerprint density at radius 1 is 1.56 bits per heavy atom. The summed E-state index contributed by atoms with van der Waals surface area (Å²) in [7, 11) is 2.00. The van der Waals surface area contributed by atoms with Crippen LogP contribution in [-0.4, -0.2) is 18.5 Å². The Morgan fingerprint density at radius 2 is 2.25 bits per heavy atom.